The number of H-pyrrole nitrogens is 1. The first-order valence-corrected chi connectivity index (χ1v) is 32.5. The number of unbranched alkanes of at least 4 members (excludes halogenated alkanes) is 26. The van der Waals surface area contributed by atoms with Gasteiger partial charge in [-0.25, -0.2) is 4.98 Å². The van der Waals surface area contributed by atoms with Gasteiger partial charge in [-0.15, -0.1) is 5.10 Å². The third-order valence-corrected chi connectivity index (χ3v) is 15.8. The van der Waals surface area contributed by atoms with Gasteiger partial charge in [0, 0.05) is 11.6 Å². The molecule has 0 aliphatic heterocycles. The molecule has 0 aliphatic carbocycles. The van der Waals surface area contributed by atoms with Gasteiger partial charge in [0.25, 0.3) is 0 Å². The van der Waals surface area contributed by atoms with Gasteiger partial charge in [0.05, 0.1) is 38.8 Å². The molecule has 0 amide bonds. The summed E-state index contributed by atoms with van der Waals surface area (Å²) in [6, 6.07) is 23.4. The number of nitrogens with one attached hydrogen (secondary N) is 3. The topological polar surface area (TPSA) is 169 Å². The maximum Gasteiger partial charge on any atom is 0.316 e. The summed E-state index contributed by atoms with van der Waals surface area (Å²) in [4.78, 5) is 4.81. The Morgan fingerprint density at radius 1 is 0.481 bits per heavy atom. The highest BCUT2D eigenvalue weighted by atomic mass is 32.2. The van der Waals surface area contributed by atoms with Crippen molar-refractivity contribution < 1.29 is 40.5 Å². The third-order valence-electron chi connectivity index (χ3n) is 14.3. The molecule has 15 nitrogen and oxygen atoms in total. The standard InChI is InChI=1S/C64H94N6O9S2/c1-7-9-11-13-15-17-19-21-23-25-27-29-31-33-42-75-55-40-38-50(3)44-59(55)78-80(71)68-53-46-52(64-65-61-49-62(66-70(61)67-64)77-63-57(73-5)36-35-37-58(63)74-6)47-54(48-53)69-81(72)79-60-45-51(4)39-41-56(60)76-43-34-32-30-28-26-24-22-20-18-16-14-12-10-8-2/h35-41,44-49,68-69H,7-34,42-43H2,1-6H3,(H,65,67). The zero-order valence-corrected chi connectivity index (χ0v) is 51.2. The van der Waals surface area contributed by atoms with Crippen LogP contribution in [0.15, 0.2) is 78.9 Å². The number of aromatic amines is 1. The van der Waals surface area contributed by atoms with Gasteiger partial charge < -0.3 is 32.1 Å². The molecule has 0 spiro atoms. The van der Waals surface area contributed by atoms with Crippen molar-refractivity contribution in [3.8, 4) is 57.5 Å². The maximum atomic E-state index is 13.9. The lowest BCUT2D eigenvalue weighted by molar-refractivity contribution is 0.296. The predicted molar refractivity (Wildman–Crippen MR) is 331 cm³/mol. The summed E-state index contributed by atoms with van der Waals surface area (Å²) < 4.78 is 76.9. The number of fused-ring (bicyclic) bond motifs is 1. The second kappa shape index (κ2) is 37.2. The third kappa shape index (κ3) is 23.5. The summed E-state index contributed by atoms with van der Waals surface area (Å²) in [5, 5.41) is 7.77. The molecule has 6 rings (SSSR count). The molecule has 4 aromatic carbocycles. The van der Waals surface area contributed by atoms with Crippen molar-refractivity contribution in [2.45, 2.75) is 207 Å². The molecule has 0 saturated carbocycles. The average Bonchev–Trinajstić information content (AvgIpc) is 4.18. The molecule has 446 valence electrons. The number of benzene rings is 4. The van der Waals surface area contributed by atoms with Crippen LogP contribution in [0, 0.1) is 13.8 Å². The normalized spacial score (nSPS) is 12.1. The van der Waals surface area contributed by atoms with Crippen LogP contribution in [0.5, 0.6) is 46.1 Å². The van der Waals surface area contributed by atoms with Crippen LogP contribution in [-0.4, -0.2) is 55.7 Å². The minimum atomic E-state index is -2.09. The van der Waals surface area contributed by atoms with Crippen LogP contribution in [0.3, 0.4) is 0 Å². The van der Waals surface area contributed by atoms with E-state index in [1.54, 1.807) is 56.7 Å². The van der Waals surface area contributed by atoms with E-state index in [-0.39, 0.29) is 5.88 Å². The van der Waals surface area contributed by atoms with Gasteiger partial charge in [-0.05, 0) is 92.4 Å². The molecular weight excluding hydrogens is 1060 g/mol. The summed E-state index contributed by atoms with van der Waals surface area (Å²) in [5.41, 5.74) is 3.59. The molecule has 0 fully saturated rings. The Labute approximate surface area is 489 Å². The highest BCUT2D eigenvalue weighted by Crippen LogP contribution is 2.40. The van der Waals surface area contributed by atoms with Crippen molar-refractivity contribution in [1.29, 1.82) is 0 Å². The SMILES string of the molecule is CCCCCCCCCCCCCCCCOc1ccc(C)cc1OS(=O)Nc1cc(NS(=O)Oc2cc(C)ccc2OCCCCCCCCCCCCCCCC)cc(-c2nc3cc(Oc4c(OC)cccc4OC)nn3[nH]2)c1. The van der Waals surface area contributed by atoms with Crippen molar-refractivity contribution in [3.05, 3.63) is 90.0 Å². The minimum Gasteiger partial charge on any atom is -0.493 e. The number of anilines is 2. The molecule has 2 heterocycles. The fourth-order valence-corrected chi connectivity index (χ4v) is 11.1. The smallest absolute Gasteiger partial charge is 0.316 e. The Kier molecular flexibility index (Phi) is 29.5. The number of aromatic nitrogens is 4. The van der Waals surface area contributed by atoms with E-state index >= 15 is 0 Å². The van der Waals surface area contributed by atoms with Gasteiger partial charge in [0.15, 0.2) is 46.0 Å². The number of ether oxygens (including phenoxy) is 5. The van der Waals surface area contributed by atoms with E-state index in [2.05, 4.69) is 33.5 Å². The number of nitrogens with zero attached hydrogens (tertiary/aromatic N) is 3. The van der Waals surface area contributed by atoms with Gasteiger partial charge in [-0.3, -0.25) is 14.5 Å². The Hall–Kier alpha value is -5.94. The van der Waals surface area contributed by atoms with E-state index in [1.807, 2.05) is 50.2 Å². The summed E-state index contributed by atoms with van der Waals surface area (Å²) in [6.07, 6.45) is 35.9. The number of hydrogen-bond acceptors (Lipinski definition) is 11. The van der Waals surface area contributed by atoms with Crippen LogP contribution >= 0.6 is 0 Å². The zero-order chi connectivity index (χ0) is 57.3. The average molecular weight is 1160 g/mol. The molecule has 81 heavy (non-hydrogen) atoms. The second-order valence-corrected chi connectivity index (χ2v) is 23.0. The van der Waals surface area contributed by atoms with Gasteiger partial charge in [0.2, 0.25) is 11.6 Å². The molecule has 2 unspecified atom stereocenters. The first kappa shape index (κ1) is 64.2. The van der Waals surface area contributed by atoms with Crippen molar-refractivity contribution in [2.24, 2.45) is 0 Å². The molecule has 2 aromatic heterocycles. The Morgan fingerprint density at radius 2 is 0.889 bits per heavy atom. The van der Waals surface area contributed by atoms with Crippen LogP contribution in [0.4, 0.5) is 11.4 Å². The maximum absolute atomic E-state index is 13.9. The van der Waals surface area contributed by atoms with E-state index in [0.717, 1.165) is 36.8 Å². The number of para-hydroxylation sites is 1. The summed E-state index contributed by atoms with van der Waals surface area (Å²) in [7, 11) is 3.10. The van der Waals surface area contributed by atoms with E-state index < -0.39 is 22.5 Å². The Morgan fingerprint density at radius 3 is 1.28 bits per heavy atom. The van der Waals surface area contributed by atoms with Crippen LogP contribution < -0.4 is 41.5 Å². The Bertz CT molecular complexity index is 2610. The lowest BCUT2D eigenvalue weighted by atomic mass is 10.0. The van der Waals surface area contributed by atoms with Crippen molar-refractivity contribution >= 4 is 39.6 Å². The van der Waals surface area contributed by atoms with Gasteiger partial charge in [-0.2, -0.15) is 13.0 Å². The number of aryl methyl sites for hydroxylation is 2. The molecule has 2 atom stereocenters. The quantitative estimate of drug-likeness (QED) is 0.0311. The first-order chi connectivity index (χ1) is 39.7. The van der Waals surface area contributed by atoms with E-state index in [9.17, 15) is 8.42 Å². The second-order valence-electron chi connectivity index (χ2n) is 21.3. The van der Waals surface area contributed by atoms with Gasteiger partial charge >= 0.3 is 22.5 Å². The monoisotopic (exact) mass is 1150 g/mol. The molecule has 17 heteroatoms. The number of methoxy groups -OCH3 is 2. The summed E-state index contributed by atoms with van der Waals surface area (Å²) >= 11 is -4.19. The Balaban J connectivity index is 1.06. The highest BCUT2D eigenvalue weighted by molar-refractivity contribution is 7.82. The molecule has 0 saturated heterocycles. The molecule has 0 aliphatic rings. The fourth-order valence-electron chi connectivity index (χ4n) is 9.79. The largest absolute Gasteiger partial charge is 0.493 e. The molecule has 3 N–H and O–H groups in total. The molecular formula is C64H94N6O9S2. The van der Waals surface area contributed by atoms with Crippen LogP contribution in [0.1, 0.15) is 205 Å². The van der Waals surface area contributed by atoms with Crippen LogP contribution in [0.25, 0.3) is 17.0 Å². The number of rotatable bonds is 45. The van der Waals surface area contributed by atoms with E-state index in [0.29, 0.717) is 81.9 Å². The first-order valence-electron chi connectivity index (χ1n) is 30.4. The minimum absolute atomic E-state index is 0.249. The number of hydrogen-bond donors (Lipinski definition) is 3. The summed E-state index contributed by atoms with van der Waals surface area (Å²) in [5.74, 6) is 3.71. The van der Waals surface area contributed by atoms with E-state index in [4.69, 9.17) is 37.0 Å². The van der Waals surface area contributed by atoms with E-state index in [1.165, 1.54) is 159 Å². The zero-order valence-electron chi connectivity index (χ0n) is 49.6. The van der Waals surface area contributed by atoms with Crippen LogP contribution in [0.2, 0.25) is 0 Å². The molecule has 0 radical (unpaired) electrons. The van der Waals surface area contributed by atoms with Gasteiger partial charge in [0.1, 0.15) is 0 Å². The van der Waals surface area contributed by atoms with Crippen molar-refractivity contribution in [3.63, 3.8) is 0 Å². The lowest BCUT2D eigenvalue weighted by Gasteiger charge is -2.15. The van der Waals surface area contributed by atoms with Crippen LogP contribution in [-0.2, 0) is 22.5 Å². The lowest BCUT2D eigenvalue weighted by Crippen LogP contribution is -2.14. The molecule has 6 aromatic rings. The summed E-state index contributed by atoms with van der Waals surface area (Å²) in [6.45, 7) is 9.48. The fraction of sp³-hybridized carbons (Fsp3) is 0.562. The highest BCUT2D eigenvalue weighted by Gasteiger charge is 2.19. The van der Waals surface area contributed by atoms with Crippen molar-refractivity contribution in [1.82, 2.24) is 19.8 Å². The predicted octanol–water partition coefficient (Wildman–Crippen LogP) is 18.0. The van der Waals surface area contributed by atoms with Crippen molar-refractivity contribution in [2.75, 3.05) is 36.9 Å². The molecule has 0 bridgehead atoms. The van der Waals surface area contributed by atoms with Gasteiger partial charge in [-0.1, -0.05) is 199 Å².